The Kier molecular flexibility index (Phi) is 2.18. The molecule has 3 rings (SSSR count). The van der Waals surface area contributed by atoms with Crippen molar-refractivity contribution in [3.8, 4) is 5.69 Å². The van der Waals surface area contributed by atoms with Gasteiger partial charge in [-0.2, -0.15) is 5.10 Å². The summed E-state index contributed by atoms with van der Waals surface area (Å²) in [7, 11) is 0. The van der Waals surface area contributed by atoms with Crippen molar-refractivity contribution in [3.05, 3.63) is 60.0 Å². The summed E-state index contributed by atoms with van der Waals surface area (Å²) in [6.45, 7) is 2.04. The molecule has 3 heteroatoms. The van der Waals surface area contributed by atoms with Crippen LogP contribution in [0, 0.1) is 12.7 Å². The molecule has 0 bridgehead atoms. The number of nitrogens with zero attached hydrogens (tertiary/aromatic N) is 2. The van der Waals surface area contributed by atoms with E-state index in [1.165, 1.54) is 17.7 Å². The third-order valence-electron chi connectivity index (χ3n) is 2.76. The number of aryl methyl sites for hydroxylation is 1. The van der Waals surface area contributed by atoms with Gasteiger partial charge in [-0.25, -0.2) is 9.07 Å². The van der Waals surface area contributed by atoms with E-state index in [0.717, 1.165) is 16.6 Å². The Morgan fingerprint density at radius 3 is 2.59 bits per heavy atom. The highest BCUT2D eigenvalue weighted by Gasteiger charge is 2.03. The van der Waals surface area contributed by atoms with E-state index in [0.29, 0.717) is 0 Å². The summed E-state index contributed by atoms with van der Waals surface area (Å²) in [4.78, 5) is 0. The maximum atomic E-state index is 13.1. The lowest BCUT2D eigenvalue weighted by Gasteiger charge is -2.00. The van der Waals surface area contributed by atoms with Crippen LogP contribution in [0.2, 0.25) is 0 Å². The second-order valence-corrected chi connectivity index (χ2v) is 4.11. The van der Waals surface area contributed by atoms with Crippen LogP contribution in [-0.2, 0) is 0 Å². The number of rotatable bonds is 1. The third kappa shape index (κ3) is 1.80. The van der Waals surface area contributed by atoms with Crippen molar-refractivity contribution in [1.29, 1.82) is 0 Å². The van der Waals surface area contributed by atoms with Gasteiger partial charge in [-0.05, 0) is 37.3 Å². The normalized spacial score (nSPS) is 10.9. The SMILES string of the molecule is Cc1ccc(-n2cc3cc(F)ccc3n2)cc1. The van der Waals surface area contributed by atoms with Crippen LogP contribution in [-0.4, -0.2) is 9.78 Å². The van der Waals surface area contributed by atoms with E-state index in [2.05, 4.69) is 5.10 Å². The van der Waals surface area contributed by atoms with Crippen molar-refractivity contribution in [2.24, 2.45) is 0 Å². The van der Waals surface area contributed by atoms with Gasteiger partial charge >= 0.3 is 0 Å². The summed E-state index contributed by atoms with van der Waals surface area (Å²) < 4.78 is 14.8. The molecule has 0 amide bonds. The summed E-state index contributed by atoms with van der Waals surface area (Å²) in [6.07, 6.45) is 1.84. The van der Waals surface area contributed by atoms with Gasteiger partial charge < -0.3 is 0 Å². The highest BCUT2D eigenvalue weighted by Crippen LogP contribution is 2.17. The molecule has 0 N–H and O–H groups in total. The molecule has 0 aliphatic heterocycles. The minimum atomic E-state index is -0.235. The topological polar surface area (TPSA) is 17.8 Å². The van der Waals surface area contributed by atoms with Crippen LogP contribution in [0.4, 0.5) is 4.39 Å². The first-order chi connectivity index (χ1) is 8.22. The van der Waals surface area contributed by atoms with Crippen molar-refractivity contribution < 1.29 is 4.39 Å². The molecule has 0 fully saturated rings. The van der Waals surface area contributed by atoms with Crippen molar-refractivity contribution in [2.75, 3.05) is 0 Å². The quantitative estimate of drug-likeness (QED) is 0.621. The number of hydrogen-bond acceptors (Lipinski definition) is 1. The van der Waals surface area contributed by atoms with E-state index in [1.54, 1.807) is 10.7 Å². The zero-order valence-corrected chi connectivity index (χ0v) is 9.39. The minimum absolute atomic E-state index is 0.235. The van der Waals surface area contributed by atoms with Crippen LogP contribution in [0.5, 0.6) is 0 Å². The predicted octanol–water partition coefficient (Wildman–Crippen LogP) is 3.47. The van der Waals surface area contributed by atoms with Crippen molar-refractivity contribution >= 4 is 10.9 Å². The fourth-order valence-corrected chi connectivity index (χ4v) is 1.83. The molecule has 2 aromatic carbocycles. The van der Waals surface area contributed by atoms with Crippen LogP contribution in [0.15, 0.2) is 48.7 Å². The molecule has 17 heavy (non-hydrogen) atoms. The molecule has 3 aromatic rings. The van der Waals surface area contributed by atoms with E-state index in [1.807, 2.05) is 37.4 Å². The zero-order chi connectivity index (χ0) is 11.8. The van der Waals surface area contributed by atoms with Crippen LogP contribution in [0.3, 0.4) is 0 Å². The lowest BCUT2D eigenvalue weighted by Crippen LogP contribution is -1.93. The van der Waals surface area contributed by atoms with Gasteiger partial charge in [-0.3, -0.25) is 0 Å². The minimum Gasteiger partial charge on any atom is -0.240 e. The molecule has 84 valence electrons. The van der Waals surface area contributed by atoms with E-state index in [4.69, 9.17) is 0 Å². The second-order valence-electron chi connectivity index (χ2n) is 4.11. The number of aromatic nitrogens is 2. The molecule has 0 saturated heterocycles. The van der Waals surface area contributed by atoms with E-state index in [9.17, 15) is 4.39 Å². The first kappa shape index (κ1) is 10.0. The molecule has 0 aliphatic carbocycles. The smallest absolute Gasteiger partial charge is 0.124 e. The number of hydrogen-bond donors (Lipinski definition) is 0. The summed E-state index contributed by atoms with van der Waals surface area (Å²) in [6, 6.07) is 12.7. The molecule has 0 unspecified atom stereocenters. The Morgan fingerprint density at radius 1 is 1.06 bits per heavy atom. The Bertz CT molecular complexity index is 668. The Hall–Kier alpha value is -2.16. The average molecular weight is 226 g/mol. The molecule has 0 radical (unpaired) electrons. The van der Waals surface area contributed by atoms with Crippen LogP contribution in [0.25, 0.3) is 16.6 Å². The molecular formula is C14H11FN2. The number of benzene rings is 2. The van der Waals surface area contributed by atoms with Crippen molar-refractivity contribution in [3.63, 3.8) is 0 Å². The molecule has 1 heterocycles. The van der Waals surface area contributed by atoms with E-state index < -0.39 is 0 Å². The first-order valence-corrected chi connectivity index (χ1v) is 5.44. The fraction of sp³-hybridized carbons (Fsp3) is 0.0714. The molecule has 1 aromatic heterocycles. The Labute approximate surface area is 98.3 Å². The summed E-state index contributed by atoms with van der Waals surface area (Å²) in [5.41, 5.74) is 2.98. The van der Waals surface area contributed by atoms with Gasteiger partial charge in [-0.1, -0.05) is 17.7 Å². The first-order valence-electron chi connectivity index (χ1n) is 5.44. The van der Waals surface area contributed by atoms with Crippen LogP contribution in [0.1, 0.15) is 5.56 Å². The monoisotopic (exact) mass is 226 g/mol. The standard InChI is InChI=1S/C14H11FN2/c1-10-2-5-13(6-3-10)17-9-11-8-12(15)4-7-14(11)16-17/h2-9H,1H3. The Morgan fingerprint density at radius 2 is 1.82 bits per heavy atom. The van der Waals surface area contributed by atoms with Gasteiger partial charge in [-0.15, -0.1) is 0 Å². The number of fused-ring (bicyclic) bond motifs is 1. The molecule has 0 spiro atoms. The summed E-state index contributed by atoms with van der Waals surface area (Å²) in [5.74, 6) is -0.235. The number of halogens is 1. The lowest BCUT2D eigenvalue weighted by atomic mass is 10.2. The summed E-state index contributed by atoms with van der Waals surface area (Å²) >= 11 is 0. The van der Waals surface area contributed by atoms with E-state index >= 15 is 0 Å². The highest BCUT2D eigenvalue weighted by molar-refractivity contribution is 5.78. The van der Waals surface area contributed by atoms with Crippen LogP contribution < -0.4 is 0 Å². The molecule has 0 aliphatic rings. The van der Waals surface area contributed by atoms with Crippen LogP contribution >= 0.6 is 0 Å². The third-order valence-corrected chi connectivity index (χ3v) is 2.76. The van der Waals surface area contributed by atoms with Crippen molar-refractivity contribution in [1.82, 2.24) is 9.78 Å². The highest BCUT2D eigenvalue weighted by atomic mass is 19.1. The second kappa shape index (κ2) is 3.70. The molecular weight excluding hydrogens is 215 g/mol. The molecule has 0 atom stereocenters. The largest absolute Gasteiger partial charge is 0.240 e. The lowest BCUT2D eigenvalue weighted by molar-refractivity contribution is 0.630. The van der Waals surface area contributed by atoms with Gasteiger partial charge in [0.2, 0.25) is 0 Å². The van der Waals surface area contributed by atoms with Gasteiger partial charge in [0.25, 0.3) is 0 Å². The average Bonchev–Trinajstić information content (AvgIpc) is 2.72. The van der Waals surface area contributed by atoms with Gasteiger partial charge in [0.05, 0.1) is 11.2 Å². The molecule has 0 saturated carbocycles. The molecule has 2 nitrogen and oxygen atoms in total. The fourth-order valence-electron chi connectivity index (χ4n) is 1.83. The van der Waals surface area contributed by atoms with Gasteiger partial charge in [0.15, 0.2) is 0 Å². The van der Waals surface area contributed by atoms with E-state index in [-0.39, 0.29) is 5.82 Å². The maximum Gasteiger partial charge on any atom is 0.124 e. The Balaban J connectivity index is 2.14. The predicted molar refractivity (Wildman–Crippen MR) is 65.8 cm³/mol. The van der Waals surface area contributed by atoms with Gasteiger partial charge in [0.1, 0.15) is 5.82 Å². The summed E-state index contributed by atoms with van der Waals surface area (Å²) in [5, 5.41) is 5.21. The van der Waals surface area contributed by atoms with Crippen molar-refractivity contribution in [2.45, 2.75) is 6.92 Å². The maximum absolute atomic E-state index is 13.1. The zero-order valence-electron chi connectivity index (χ0n) is 9.39. The van der Waals surface area contributed by atoms with Gasteiger partial charge in [0, 0.05) is 11.6 Å².